The fourth-order valence-corrected chi connectivity index (χ4v) is 4.07. The van der Waals surface area contributed by atoms with E-state index in [1.807, 2.05) is 6.92 Å². The second-order valence-corrected chi connectivity index (χ2v) is 8.11. The van der Waals surface area contributed by atoms with Gasteiger partial charge >= 0.3 is 35.5 Å². The number of aliphatic carboxylic acids is 1. The van der Waals surface area contributed by atoms with Crippen LogP contribution in [0.1, 0.15) is 52.4 Å². The molecule has 1 saturated carbocycles. The zero-order valence-electron chi connectivity index (χ0n) is 16.5. The van der Waals surface area contributed by atoms with Gasteiger partial charge in [-0.3, -0.25) is 4.79 Å². The minimum atomic E-state index is -1.77. The molecule has 8 heteroatoms. The van der Waals surface area contributed by atoms with Gasteiger partial charge in [0.15, 0.2) is 0 Å². The number of carboxylic acid groups (broad SMARTS) is 1. The molecule has 0 aromatic rings. The molecule has 0 spiro atoms. The summed E-state index contributed by atoms with van der Waals surface area (Å²) < 4.78 is 35.2. The third kappa shape index (κ3) is 7.11. The Labute approximate surface area is 193 Å². The van der Waals surface area contributed by atoms with Crippen LogP contribution in [-0.2, 0) is 9.53 Å². The topological polar surface area (TPSA) is 87.0 Å². The summed E-state index contributed by atoms with van der Waals surface area (Å²) in [5.41, 5.74) is -1.77. The molecule has 1 aliphatic carbocycles. The number of halogens is 2. The number of unbranched alkanes of at least 4 members (excludes halogenated alkanes) is 1. The number of allylic oxidation sites excluding steroid dienone is 1. The third-order valence-electron chi connectivity index (χ3n) is 5.81. The van der Waals surface area contributed by atoms with Gasteiger partial charge in [0.05, 0.1) is 12.2 Å². The van der Waals surface area contributed by atoms with E-state index in [1.165, 1.54) is 25.2 Å². The normalized spacial score (nSPS) is 34.8. The number of carbonyl (C=O) groups is 1. The molecule has 0 aromatic heterocycles. The van der Waals surface area contributed by atoms with Crippen LogP contribution in [0.25, 0.3) is 0 Å². The van der Waals surface area contributed by atoms with Gasteiger partial charge in [0.2, 0.25) is 0 Å². The van der Waals surface area contributed by atoms with Gasteiger partial charge in [0, 0.05) is 24.7 Å². The summed E-state index contributed by atoms with van der Waals surface area (Å²) >= 11 is 0. The van der Waals surface area contributed by atoms with E-state index >= 15 is 0 Å². The molecule has 5 nitrogen and oxygen atoms in total. The number of ether oxygens (including phenoxy) is 1. The van der Waals surface area contributed by atoms with E-state index in [9.17, 15) is 23.8 Å². The Hall–Kier alpha value is -0.310. The first-order chi connectivity index (χ1) is 13.2. The summed E-state index contributed by atoms with van der Waals surface area (Å²) in [6.45, 7) is 3.29. The van der Waals surface area contributed by atoms with Crippen molar-refractivity contribution in [2.75, 3.05) is 0 Å². The molecule has 0 radical (unpaired) electrons. The zero-order chi connectivity index (χ0) is 20.9. The van der Waals surface area contributed by atoms with Crippen LogP contribution in [0.15, 0.2) is 24.3 Å². The van der Waals surface area contributed by atoms with Gasteiger partial charge < -0.3 is 20.1 Å². The van der Waals surface area contributed by atoms with Crippen LogP contribution in [-0.4, -0.2) is 87.1 Å². The molecule has 1 aliphatic heterocycles. The second kappa shape index (κ2) is 11.9. The SMILES string of the molecule is CCCCC(C)(F)[C@H](O)/C=C/[C@@H]1[C@H]2C(F)C(/C=C/CCC(=O)O)O[C@H]2C[C@H]1O.[NaH]. The first-order valence-electron chi connectivity index (χ1n) is 10.1. The number of aliphatic hydroxyl groups excluding tert-OH is 2. The van der Waals surface area contributed by atoms with E-state index in [-0.39, 0.29) is 48.8 Å². The Bertz CT molecular complexity index is 583. The molecule has 0 bridgehead atoms. The van der Waals surface area contributed by atoms with Crippen LogP contribution >= 0.6 is 0 Å². The molecular weight excluding hydrogens is 393 g/mol. The summed E-state index contributed by atoms with van der Waals surface area (Å²) in [6.07, 6.45) is 3.51. The molecule has 1 saturated heterocycles. The van der Waals surface area contributed by atoms with Gasteiger partial charge in [-0.15, -0.1) is 0 Å². The fourth-order valence-electron chi connectivity index (χ4n) is 4.07. The quantitative estimate of drug-likeness (QED) is 0.369. The molecule has 2 fully saturated rings. The maximum absolute atomic E-state index is 14.9. The van der Waals surface area contributed by atoms with Gasteiger partial charge in [0.1, 0.15) is 24.0 Å². The number of alkyl halides is 2. The van der Waals surface area contributed by atoms with E-state index in [0.29, 0.717) is 12.8 Å². The maximum atomic E-state index is 14.9. The van der Waals surface area contributed by atoms with Crippen LogP contribution in [0.5, 0.6) is 0 Å². The van der Waals surface area contributed by atoms with E-state index in [4.69, 9.17) is 9.84 Å². The van der Waals surface area contributed by atoms with E-state index < -0.39 is 54.1 Å². The van der Waals surface area contributed by atoms with Crippen molar-refractivity contribution < 1.29 is 33.6 Å². The monoisotopic (exact) mass is 426 g/mol. The van der Waals surface area contributed by atoms with E-state index in [1.54, 1.807) is 6.08 Å². The number of rotatable bonds is 10. The van der Waals surface area contributed by atoms with Crippen molar-refractivity contribution in [3.8, 4) is 0 Å². The number of hydrogen-bond acceptors (Lipinski definition) is 4. The minimum absolute atomic E-state index is 0. The number of hydrogen-bond donors (Lipinski definition) is 3. The summed E-state index contributed by atoms with van der Waals surface area (Å²) in [4.78, 5) is 10.5. The molecule has 162 valence electrons. The van der Waals surface area contributed by atoms with Crippen molar-refractivity contribution in [3.05, 3.63) is 24.3 Å². The number of aliphatic hydroxyl groups is 2. The van der Waals surface area contributed by atoms with Crippen molar-refractivity contribution in [1.82, 2.24) is 0 Å². The van der Waals surface area contributed by atoms with Gasteiger partial charge in [-0.05, 0) is 19.8 Å². The Morgan fingerprint density at radius 3 is 2.69 bits per heavy atom. The summed E-state index contributed by atoms with van der Waals surface area (Å²) in [5, 5.41) is 29.1. The van der Waals surface area contributed by atoms with E-state index in [2.05, 4.69) is 0 Å². The molecular formula is C21H33F2NaO5. The standard InChI is InChI=1S/C21H32F2O5.Na.H/c1-3-4-11-21(2,23)17(25)10-9-13-14(24)12-16-19(13)20(22)15(28-16)7-5-6-8-18(26)27;;/h5,7,9-10,13-17,19-20,24-25H,3-4,6,8,11-12H2,1-2H3,(H,26,27);;/b7-5+,10-9+;;/t13-,14+,15?,16-,17+,19+,20?,21?;;/m0../s1. The van der Waals surface area contributed by atoms with Crippen LogP contribution in [0.2, 0.25) is 0 Å². The molecule has 0 aromatic carbocycles. The fraction of sp³-hybridized carbons (Fsp3) is 0.762. The summed E-state index contributed by atoms with van der Waals surface area (Å²) in [7, 11) is 0. The van der Waals surface area contributed by atoms with Crippen LogP contribution < -0.4 is 0 Å². The summed E-state index contributed by atoms with van der Waals surface area (Å²) in [5.74, 6) is -2.06. The molecule has 3 unspecified atom stereocenters. The average Bonchev–Trinajstić information content (AvgIpc) is 3.09. The van der Waals surface area contributed by atoms with Crippen molar-refractivity contribution in [3.63, 3.8) is 0 Å². The number of fused-ring (bicyclic) bond motifs is 1. The van der Waals surface area contributed by atoms with Gasteiger partial charge in [-0.25, -0.2) is 8.78 Å². The molecule has 2 rings (SSSR count). The number of carboxylic acids is 1. The predicted octanol–water partition coefficient (Wildman–Crippen LogP) is 2.70. The van der Waals surface area contributed by atoms with Crippen LogP contribution in [0, 0.1) is 11.8 Å². The van der Waals surface area contributed by atoms with E-state index in [0.717, 1.165) is 6.42 Å². The first kappa shape index (κ1) is 26.7. The average molecular weight is 426 g/mol. The van der Waals surface area contributed by atoms with Gasteiger partial charge in [-0.2, -0.15) is 0 Å². The Morgan fingerprint density at radius 2 is 2.07 bits per heavy atom. The predicted molar refractivity (Wildman–Crippen MR) is 109 cm³/mol. The van der Waals surface area contributed by atoms with Crippen LogP contribution in [0.4, 0.5) is 8.78 Å². The molecule has 1 heterocycles. The van der Waals surface area contributed by atoms with Crippen molar-refractivity contribution in [1.29, 1.82) is 0 Å². The van der Waals surface area contributed by atoms with Crippen molar-refractivity contribution in [2.24, 2.45) is 11.8 Å². The second-order valence-electron chi connectivity index (χ2n) is 8.11. The molecule has 2 aliphatic rings. The van der Waals surface area contributed by atoms with Crippen molar-refractivity contribution >= 4 is 35.5 Å². The molecule has 0 amide bonds. The molecule has 3 N–H and O–H groups in total. The first-order valence-corrected chi connectivity index (χ1v) is 10.1. The van der Waals surface area contributed by atoms with Crippen LogP contribution in [0.3, 0.4) is 0 Å². The zero-order valence-corrected chi connectivity index (χ0v) is 16.5. The Kier molecular flexibility index (Phi) is 11.0. The van der Waals surface area contributed by atoms with Gasteiger partial charge in [-0.1, -0.05) is 44.1 Å². The summed E-state index contributed by atoms with van der Waals surface area (Å²) in [6, 6.07) is 0. The molecule has 29 heavy (non-hydrogen) atoms. The van der Waals surface area contributed by atoms with Crippen molar-refractivity contribution in [2.45, 2.75) is 88.6 Å². The third-order valence-corrected chi connectivity index (χ3v) is 5.81. The Balaban J connectivity index is 0.00000420. The molecule has 8 atom stereocenters. The van der Waals surface area contributed by atoms with Gasteiger partial charge in [0.25, 0.3) is 0 Å². The Morgan fingerprint density at radius 1 is 1.38 bits per heavy atom.